The fraction of sp³-hybridized carbons (Fsp3) is 0.519. The number of hydrogen-bond acceptors (Lipinski definition) is 7. The van der Waals surface area contributed by atoms with Crippen LogP contribution in [0.1, 0.15) is 76.7 Å². The summed E-state index contributed by atoms with van der Waals surface area (Å²) in [6.07, 6.45) is 9.65. The highest BCUT2D eigenvalue weighted by Crippen LogP contribution is 2.41. The minimum atomic E-state index is -0.109. The van der Waals surface area contributed by atoms with Crippen molar-refractivity contribution >= 4 is 23.2 Å². The number of amides is 2. The van der Waals surface area contributed by atoms with Crippen molar-refractivity contribution in [3.63, 3.8) is 0 Å². The molecule has 0 radical (unpaired) electrons. The summed E-state index contributed by atoms with van der Waals surface area (Å²) in [6, 6.07) is 3.43. The number of nitrogens with one attached hydrogen (secondary N) is 1. The topological polar surface area (TPSA) is 90.0 Å². The Hall–Kier alpha value is -3.07. The van der Waals surface area contributed by atoms with Crippen molar-refractivity contribution < 1.29 is 23.8 Å². The van der Waals surface area contributed by atoms with Crippen LogP contribution in [0.5, 0.6) is 17.2 Å². The maximum atomic E-state index is 13.3. The van der Waals surface area contributed by atoms with Gasteiger partial charge in [0, 0.05) is 30.9 Å². The van der Waals surface area contributed by atoms with E-state index in [1.807, 2.05) is 10.3 Å². The molecule has 1 N–H and O–H groups in total. The third-order valence-electron chi connectivity index (χ3n) is 6.94. The molecule has 8 nitrogen and oxygen atoms in total. The van der Waals surface area contributed by atoms with E-state index in [4.69, 9.17) is 14.2 Å². The molecule has 0 spiro atoms. The number of methoxy groups -OCH3 is 3. The van der Waals surface area contributed by atoms with Gasteiger partial charge in [-0.2, -0.15) is 0 Å². The first-order chi connectivity index (χ1) is 17.5. The Morgan fingerprint density at radius 3 is 2.53 bits per heavy atom. The molecule has 9 heteroatoms. The van der Waals surface area contributed by atoms with Gasteiger partial charge in [0.2, 0.25) is 5.75 Å². The second-order valence-corrected chi connectivity index (χ2v) is 10.0. The summed E-state index contributed by atoms with van der Waals surface area (Å²) in [5.41, 5.74) is 2.39. The molecule has 2 amide bonds. The van der Waals surface area contributed by atoms with Crippen molar-refractivity contribution in [3.05, 3.63) is 45.4 Å². The largest absolute Gasteiger partial charge is 0.493 e. The molecule has 1 saturated heterocycles. The predicted octanol–water partition coefficient (Wildman–Crippen LogP) is 4.81. The summed E-state index contributed by atoms with van der Waals surface area (Å²) in [7, 11) is 4.59. The van der Waals surface area contributed by atoms with E-state index in [0.717, 1.165) is 37.1 Å². The minimum Gasteiger partial charge on any atom is -0.493 e. The molecule has 2 heterocycles. The Bertz CT molecular complexity index is 1100. The quantitative estimate of drug-likeness (QED) is 0.484. The maximum Gasteiger partial charge on any atom is 0.270 e. The first kappa shape index (κ1) is 26.0. The van der Waals surface area contributed by atoms with E-state index in [1.54, 1.807) is 19.2 Å². The normalized spacial score (nSPS) is 16.3. The summed E-state index contributed by atoms with van der Waals surface area (Å²) < 4.78 is 16.2. The first-order valence-corrected chi connectivity index (χ1v) is 13.4. The van der Waals surface area contributed by atoms with Crippen LogP contribution < -0.4 is 19.5 Å². The van der Waals surface area contributed by atoms with Crippen LogP contribution in [-0.4, -0.2) is 62.7 Å². The highest BCUT2D eigenvalue weighted by Gasteiger charge is 2.30. The highest BCUT2D eigenvalue weighted by atomic mass is 32.1. The van der Waals surface area contributed by atoms with Crippen LogP contribution in [0.4, 0.5) is 0 Å². The molecule has 2 aromatic rings. The molecule has 1 aromatic heterocycles. The Morgan fingerprint density at radius 2 is 1.86 bits per heavy atom. The zero-order valence-electron chi connectivity index (χ0n) is 21.3. The third kappa shape index (κ3) is 5.83. The summed E-state index contributed by atoms with van der Waals surface area (Å²) >= 11 is 1.53. The van der Waals surface area contributed by atoms with Crippen LogP contribution in [0.3, 0.4) is 0 Å². The van der Waals surface area contributed by atoms with Crippen LogP contribution in [0.15, 0.2) is 29.2 Å². The van der Waals surface area contributed by atoms with Crippen LogP contribution in [0, 0.1) is 0 Å². The zero-order valence-corrected chi connectivity index (χ0v) is 22.1. The number of thiazole rings is 1. The van der Waals surface area contributed by atoms with E-state index in [-0.39, 0.29) is 17.7 Å². The summed E-state index contributed by atoms with van der Waals surface area (Å²) in [5, 5.41) is 5.82. The average Bonchev–Trinajstić information content (AvgIpc) is 3.43. The van der Waals surface area contributed by atoms with E-state index in [2.05, 4.69) is 16.4 Å². The smallest absolute Gasteiger partial charge is 0.270 e. The molecule has 1 aromatic carbocycles. The molecule has 0 bridgehead atoms. The minimum absolute atomic E-state index is 0.0986. The van der Waals surface area contributed by atoms with E-state index in [0.29, 0.717) is 48.1 Å². The van der Waals surface area contributed by atoms with Crippen LogP contribution in [0.2, 0.25) is 0 Å². The number of likely N-dealkylation sites (tertiary alicyclic amines) is 1. The molecule has 0 unspecified atom stereocenters. The van der Waals surface area contributed by atoms with E-state index >= 15 is 0 Å². The van der Waals surface area contributed by atoms with Gasteiger partial charge < -0.3 is 24.4 Å². The first-order valence-electron chi connectivity index (χ1n) is 12.6. The molecule has 36 heavy (non-hydrogen) atoms. The molecule has 4 rings (SSSR count). The van der Waals surface area contributed by atoms with Gasteiger partial charge in [0.05, 0.1) is 31.9 Å². The number of ether oxygens (including phenoxy) is 3. The van der Waals surface area contributed by atoms with Crippen LogP contribution >= 0.6 is 11.3 Å². The van der Waals surface area contributed by atoms with Gasteiger partial charge in [-0.3, -0.25) is 9.59 Å². The Morgan fingerprint density at radius 1 is 1.08 bits per heavy atom. The lowest BCUT2D eigenvalue weighted by Crippen LogP contribution is -2.38. The van der Waals surface area contributed by atoms with E-state index < -0.39 is 0 Å². The molecule has 1 aliphatic heterocycles. The summed E-state index contributed by atoms with van der Waals surface area (Å²) in [5.74, 6) is 1.32. The molecule has 0 saturated carbocycles. The number of rotatable bonds is 9. The van der Waals surface area contributed by atoms with Gasteiger partial charge in [-0.25, -0.2) is 4.98 Å². The number of allylic oxidation sites excluding steroid dienone is 1. The Balaban J connectivity index is 1.32. The van der Waals surface area contributed by atoms with E-state index in [1.165, 1.54) is 44.0 Å². The number of benzene rings is 1. The number of carbonyl (C=O) groups is 2. The molecule has 2 aliphatic rings. The number of hydrogen-bond donors (Lipinski definition) is 1. The average molecular weight is 514 g/mol. The van der Waals surface area contributed by atoms with Gasteiger partial charge in [-0.15, -0.1) is 11.3 Å². The predicted molar refractivity (Wildman–Crippen MR) is 140 cm³/mol. The number of aromatic nitrogens is 1. The number of piperidine rings is 1. The summed E-state index contributed by atoms with van der Waals surface area (Å²) in [4.78, 5) is 32.3. The number of nitrogens with zero attached hydrogens (tertiary/aromatic N) is 2. The molecular weight excluding hydrogens is 478 g/mol. The fourth-order valence-electron chi connectivity index (χ4n) is 4.91. The molecule has 0 atom stereocenters. The van der Waals surface area contributed by atoms with Gasteiger partial charge in [0.1, 0.15) is 5.69 Å². The van der Waals surface area contributed by atoms with Crippen molar-refractivity contribution in [3.8, 4) is 17.2 Å². The van der Waals surface area contributed by atoms with Gasteiger partial charge in [-0.1, -0.05) is 11.6 Å². The monoisotopic (exact) mass is 513 g/mol. The van der Waals surface area contributed by atoms with Crippen molar-refractivity contribution in [2.75, 3.05) is 41.0 Å². The van der Waals surface area contributed by atoms with Crippen molar-refractivity contribution in [2.45, 2.75) is 50.9 Å². The van der Waals surface area contributed by atoms with Crippen LogP contribution in [0.25, 0.3) is 0 Å². The Kier molecular flexibility index (Phi) is 8.85. The fourth-order valence-corrected chi connectivity index (χ4v) is 5.88. The number of carbonyl (C=O) groups excluding carboxylic acids is 2. The van der Waals surface area contributed by atoms with Gasteiger partial charge in [-0.05, 0) is 57.1 Å². The summed E-state index contributed by atoms with van der Waals surface area (Å²) in [6.45, 7) is 1.87. The SMILES string of the molecule is COc1ccc(C(=O)N2CCC(c3nc(C(=O)NCCC4=CCCCC4)cs3)CC2)c(OC)c1OC. The molecule has 194 valence electrons. The van der Waals surface area contributed by atoms with Gasteiger partial charge in [0.25, 0.3) is 11.8 Å². The van der Waals surface area contributed by atoms with Gasteiger partial charge in [0.15, 0.2) is 11.5 Å². The lowest BCUT2D eigenvalue weighted by Gasteiger charge is -2.31. The molecule has 1 fully saturated rings. The van der Waals surface area contributed by atoms with Crippen LogP contribution in [-0.2, 0) is 0 Å². The lowest BCUT2D eigenvalue weighted by atomic mass is 9.96. The van der Waals surface area contributed by atoms with Crippen molar-refractivity contribution in [1.29, 1.82) is 0 Å². The molecular formula is C27H35N3O5S. The lowest BCUT2D eigenvalue weighted by molar-refractivity contribution is 0.0708. The standard InChI is InChI=1S/C27H35N3O5S/c1-33-22-10-9-20(23(34-2)24(22)35-3)27(32)30-15-12-19(13-16-30)26-29-21(17-36-26)25(31)28-14-11-18-7-5-4-6-8-18/h7,9-10,17,19H,4-6,8,11-16H2,1-3H3,(H,28,31). The van der Waals surface area contributed by atoms with Gasteiger partial charge >= 0.3 is 0 Å². The second-order valence-electron chi connectivity index (χ2n) is 9.13. The third-order valence-corrected chi connectivity index (χ3v) is 7.94. The maximum absolute atomic E-state index is 13.3. The highest BCUT2D eigenvalue weighted by molar-refractivity contribution is 7.09. The van der Waals surface area contributed by atoms with Crippen molar-refractivity contribution in [2.24, 2.45) is 0 Å². The second kappa shape index (κ2) is 12.3. The Labute approximate surface area is 216 Å². The van der Waals surface area contributed by atoms with Crippen molar-refractivity contribution in [1.82, 2.24) is 15.2 Å². The molecule has 1 aliphatic carbocycles. The van der Waals surface area contributed by atoms with E-state index in [9.17, 15) is 9.59 Å². The zero-order chi connectivity index (χ0) is 25.5.